The molecule has 0 fully saturated rings. The molecule has 13 heteroatoms. The van der Waals surface area contributed by atoms with Crippen molar-refractivity contribution < 1.29 is 27.8 Å². The second-order valence-electron chi connectivity index (χ2n) is 6.47. The third kappa shape index (κ3) is 4.09. The number of hydrogen-bond donors (Lipinski definition) is 2. The van der Waals surface area contributed by atoms with Gasteiger partial charge in [0.2, 0.25) is 0 Å². The van der Waals surface area contributed by atoms with E-state index >= 15 is 0 Å². The van der Waals surface area contributed by atoms with Crippen LogP contribution in [0.5, 0.6) is 11.5 Å². The van der Waals surface area contributed by atoms with Gasteiger partial charge in [-0.3, -0.25) is 9.52 Å². The van der Waals surface area contributed by atoms with Crippen LogP contribution in [0.4, 0.5) is 5.69 Å². The highest BCUT2D eigenvalue weighted by molar-refractivity contribution is 7.92. The van der Waals surface area contributed by atoms with E-state index in [1.165, 1.54) is 42.6 Å². The second kappa shape index (κ2) is 8.34. The fourth-order valence-corrected chi connectivity index (χ4v) is 4.24. The normalized spacial score (nSPS) is 12.9. The number of benzene rings is 2. The molecule has 1 aromatic heterocycles. The summed E-state index contributed by atoms with van der Waals surface area (Å²) in [6, 6.07) is 7.59. The Morgan fingerprint density at radius 2 is 1.72 bits per heavy atom. The molecule has 0 aliphatic carbocycles. The number of carboxylic acids is 1. The third-order valence-electron chi connectivity index (χ3n) is 4.43. The number of aromatic nitrogens is 2. The van der Waals surface area contributed by atoms with E-state index in [2.05, 4.69) is 9.82 Å². The number of ether oxygens (including phenoxy) is 2. The highest BCUT2D eigenvalue weighted by atomic mass is 35.5. The lowest BCUT2D eigenvalue weighted by atomic mass is 10.1. The summed E-state index contributed by atoms with van der Waals surface area (Å²) in [5.74, 6) is -0.917. The molecule has 4 rings (SSSR count). The van der Waals surface area contributed by atoms with Crippen LogP contribution < -0.4 is 19.8 Å². The van der Waals surface area contributed by atoms with E-state index in [9.17, 15) is 23.1 Å². The number of aromatic carboxylic acids is 1. The average Bonchev–Trinajstić information content (AvgIpc) is 2.77. The Morgan fingerprint density at radius 1 is 1.09 bits per heavy atom. The first-order chi connectivity index (χ1) is 15.2. The molecule has 166 valence electrons. The Hall–Kier alpha value is -3.28. The molecular weight excluding hydrogens is 485 g/mol. The predicted octanol–water partition coefficient (Wildman–Crippen LogP) is 2.81. The van der Waals surface area contributed by atoms with Crippen LogP contribution in [0.2, 0.25) is 10.0 Å². The summed E-state index contributed by atoms with van der Waals surface area (Å²) in [4.78, 5) is 23.7. The van der Waals surface area contributed by atoms with Gasteiger partial charge in [0, 0.05) is 12.1 Å². The first-order valence-electron chi connectivity index (χ1n) is 8.91. The number of rotatable bonds is 5. The summed E-state index contributed by atoms with van der Waals surface area (Å²) in [5.41, 5.74) is -0.914. The minimum Gasteiger partial charge on any atom is -0.486 e. The van der Waals surface area contributed by atoms with Gasteiger partial charge in [-0.1, -0.05) is 23.2 Å². The number of anilines is 1. The molecule has 0 unspecified atom stereocenters. The van der Waals surface area contributed by atoms with E-state index in [4.69, 9.17) is 32.7 Å². The fraction of sp³-hybridized carbons (Fsp3) is 0.105. The molecule has 1 aliphatic rings. The Kier molecular flexibility index (Phi) is 5.71. The monoisotopic (exact) mass is 497 g/mol. The van der Waals surface area contributed by atoms with E-state index in [-0.39, 0.29) is 56.6 Å². The fourth-order valence-electron chi connectivity index (χ4n) is 2.92. The van der Waals surface area contributed by atoms with Gasteiger partial charge in [0.25, 0.3) is 15.6 Å². The molecule has 2 aromatic carbocycles. The molecule has 0 bridgehead atoms. The zero-order valence-electron chi connectivity index (χ0n) is 15.9. The molecule has 2 heterocycles. The summed E-state index contributed by atoms with van der Waals surface area (Å²) in [7, 11) is -4.18. The molecule has 0 atom stereocenters. The Labute approximate surface area is 191 Å². The van der Waals surface area contributed by atoms with Gasteiger partial charge in [-0.05, 0) is 24.3 Å². The lowest BCUT2D eigenvalue weighted by Crippen LogP contribution is -2.21. The number of hydrogen-bond acceptors (Lipinski definition) is 7. The zero-order chi connectivity index (χ0) is 23.0. The topological polar surface area (TPSA) is 137 Å². The zero-order valence-corrected chi connectivity index (χ0v) is 18.2. The molecule has 0 spiro atoms. The van der Waals surface area contributed by atoms with Crippen molar-refractivity contribution in [2.24, 2.45) is 0 Å². The molecule has 0 amide bonds. The van der Waals surface area contributed by atoms with Gasteiger partial charge in [-0.15, -0.1) is 0 Å². The maximum atomic E-state index is 12.9. The van der Waals surface area contributed by atoms with E-state index < -0.39 is 21.6 Å². The second-order valence-corrected chi connectivity index (χ2v) is 8.94. The maximum absolute atomic E-state index is 12.9. The smallest absolute Gasteiger partial charge is 0.337 e. The summed E-state index contributed by atoms with van der Waals surface area (Å²) in [5, 5.41) is 13.1. The SMILES string of the molecule is O=C(O)c1cc2c(cc1NS(=O)(=O)c1ccc(-n3ncc(Cl)c(Cl)c3=O)cc1)OCCO2. The predicted molar refractivity (Wildman–Crippen MR) is 115 cm³/mol. The highest BCUT2D eigenvalue weighted by Crippen LogP contribution is 2.36. The minimum atomic E-state index is -4.18. The lowest BCUT2D eigenvalue weighted by Gasteiger charge is -2.20. The average molecular weight is 498 g/mol. The lowest BCUT2D eigenvalue weighted by molar-refractivity contribution is 0.0697. The largest absolute Gasteiger partial charge is 0.486 e. The van der Waals surface area contributed by atoms with E-state index in [1.54, 1.807) is 0 Å². The van der Waals surface area contributed by atoms with Crippen molar-refractivity contribution in [1.82, 2.24) is 9.78 Å². The van der Waals surface area contributed by atoms with Gasteiger partial charge >= 0.3 is 5.97 Å². The standard InChI is InChI=1S/C19H13Cl2N3O7S/c20-13-9-22-24(18(25)17(13)21)10-1-3-11(4-2-10)32(28,29)23-14-8-16-15(30-5-6-31-16)7-12(14)19(26)27/h1-4,7-9,23H,5-6H2,(H,26,27). The van der Waals surface area contributed by atoms with Crippen LogP contribution in [0.25, 0.3) is 5.69 Å². The van der Waals surface area contributed by atoms with Crippen molar-refractivity contribution in [1.29, 1.82) is 0 Å². The van der Waals surface area contributed by atoms with Crippen LogP contribution in [-0.4, -0.2) is 42.5 Å². The number of carbonyl (C=O) groups is 1. The Balaban J connectivity index is 1.67. The van der Waals surface area contributed by atoms with E-state index in [1.807, 2.05) is 0 Å². The van der Waals surface area contributed by atoms with Crippen LogP contribution in [0.15, 0.2) is 52.3 Å². The van der Waals surface area contributed by atoms with E-state index in [0.29, 0.717) is 0 Å². The van der Waals surface area contributed by atoms with Crippen molar-refractivity contribution in [2.75, 3.05) is 17.9 Å². The van der Waals surface area contributed by atoms with Crippen molar-refractivity contribution in [3.8, 4) is 17.2 Å². The quantitative estimate of drug-likeness (QED) is 0.548. The van der Waals surface area contributed by atoms with Crippen molar-refractivity contribution in [3.05, 3.63) is 68.6 Å². The molecule has 3 aromatic rings. The molecule has 2 N–H and O–H groups in total. The van der Waals surface area contributed by atoms with Crippen LogP contribution >= 0.6 is 23.2 Å². The van der Waals surface area contributed by atoms with Gasteiger partial charge in [0.1, 0.15) is 18.2 Å². The summed E-state index contributed by atoms with van der Waals surface area (Å²) < 4.78 is 39.7. The van der Waals surface area contributed by atoms with Gasteiger partial charge in [0.15, 0.2) is 11.5 Å². The van der Waals surface area contributed by atoms with Crippen LogP contribution in [0.3, 0.4) is 0 Å². The van der Waals surface area contributed by atoms with Crippen molar-refractivity contribution in [3.63, 3.8) is 0 Å². The van der Waals surface area contributed by atoms with Crippen LogP contribution in [0.1, 0.15) is 10.4 Å². The number of fused-ring (bicyclic) bond motifs is 1. The summed E-state index contributed by atoms with van der Waals surface area (Å²) >= 11 is 11.6. The van der Waals surface area contributed by atoms with Gasteiger partial charge in [-0.2, -0.15) is 9.78 Å². The molecule has 10 nitrogen and oxygen atoms in total. The molecular formula is C19H13Cl2N3O7S. The third-order valence-corrected chi connectivity index (χ3v) is 6.56. The minimum absolute atomic E-state index is 0.00928. The molecule has 1 aliphatic heterocycles. The molecule has 0 saturated carbocycles. The maximum Gasteiger partial charge on any atom is 0.337 e. The van der Waals surface area contributed by atoms with Gasteiger partial charge in [-0.25, -0.2) is 13.2 Å². The number of sulfonamides is 1. The number of carboxylic acid groups (broad SMARTS) is 1. The molecule has 0 radical (unpaired) electrons. The van der Waals surface area contributed by atoms with Gasteiger partial charge < -0.3 is 14.6 Å². The Morgan fingerprint density at radius 3 is 2.34 bits per heavy atom. The number of nitrogens with one attached hydrogen (secondary N) is 1. The van der Waals surface area contributed by atoms with Crippen molar-refractivity contribution >= 4 is 44.9 Å². The number of halogens is 2. The summed E-state index contributed by atoms with van der Waals surface area (Å²) in [6.07, 6.45) is 1.19. The van der Waals surface area contributed by atoms with Crippen LogP contribution in [-0.2, 0) is 10.0 Å². The summed E-state index contributed by atoms with van der Waals surface area (Å²) in [6.45, 7) is 0.495. The first kappa shape index (κ1) is 21.9. The van der Waals surface area contributed by atoms with Crippen molar-refractivity contribution in [2.45, 2.75) is 4.90 Å². The molecule has 32 heavy (non-hydrogen) atoms. The Bertz CT molecular complexity index is 1390. The van der Waals surface area contributed by atoms with Gasteiger partial charge in [0.05, 0.1) is 33.1 Å². The number of nitrogens with zero attached hydrogens (tertiary/aromatic N) is 2. The molecule has 0 saturated heterocycles. The first-order valence-corrected chi connectivity index (χ1v) is 11.1. The highest BCUT2D eigenvalue weighted by Gasteiger charge is 2.23. The van der Waals surface area contributed by atoms with E-state index in [0.717, 1.165) is 4.68 Å². The van der Waals surface area contributed by atoms with Crippen LogP contribution in [0, 0.1) is 0 Å².